The Morgan fingerprint density at radius 1 is 0.240 bits per heavy atom. The molecule has 0 aliphatic heterocycles. The molecule has 594 valence electrons. The van der Waals surface area contributed by atoms with E-state index < -0.39 is 0 Å². The lowest BCUT2D eigenvalue weighted by Crippen LogP contribution is -2.15. The van der Waals surface area contributed by atoms with Gasteiger partial charge in [0.05, 0.1) is 66.4 Å². The first-order valence-electron chi connectivity index (χ1n) is 43.0. The lowest BCUT2D eigenvalue weighted by atomic mass is 9.81. The molecule has 26 rings (SSSR count). The molecular weight excluding hydrogens is 1520 g/mol. The number of nitrogens with zero attached hydrogens (tertiary/aromatic N) is 11. The number of anilines is 3. The Hall–Kier alpha value is -15.9. The molecule has 23 aromatic rings. The third-order valence-corrected chi connectivity index (χ3v) is 26.8. The summed E-state index contributed by atoms with van der Waals surface area (Å²) in [5, 5.41) is 6.06. The minimum atomic E-state index is -0.134. The zero-order valence-electron chi connectivity index (χ0n) is 69.9. The number of hydrogen-bond acceptors (Lipinski definition) is 6. The summed E-state index contributed by atoms with van der Waals surface area (Å²) in [6.07, 6.45) is 11.5. The number of rotatable bonds is 9. The molecule has 9 aromatic heterocycles. The highest BCUT2D eigenvalue weighted by atomic mass is 15.1. The van der Waals surface area contributed by atoms with Crippen LogP contribution < -0.4 is 4.90 Å². The van der Waals surface area contributed by atoms with Gasteiger partial charge in [-0.25, -0.2) is 9.97 Å². The van der Waals surface area contributed by atoms with Gasteiger partial charge in [-0.3, -0.25) is 19.4 Å². The normalized spacial score (nSPS) is 13.6. The molecule has 3 aliphatic rings. The van der Waals surface area contributed by atoms with Gasteiger partial charge >= 0.3 is 0 Å². The van der Waals surface area contributed by atoms with Gasteiger partial charge < -0.3 is 23.2 Å². The SMILES string of the molecule is CC1(C)c2cc(-c3ccccc3)ccc2-c2cc3c(cc21)c1ncccc1n3-c1ccc2c(c1)c1ccccc1n2-c1ccccc1.CC1(C)c2ccccc2-c2cc3c(cc21)c1ncccc1n3-c1ccc(-c2cn3cccnc3n2)cc1.CC1(C)c2ccccc2-c2cc3c(cc21)c1ncccc1n3-c1ccc(N(c2ccccc2)c2ccccc2)cc1. The van der Waals surface area contributed by atoms with E-state index in [1.807, 2.05) is 53.6 Å². The van der Waals surface area contributed by atoms with E-state index in [0.29, 0.717) is 5.78 Å². The van der Waals surface area contributed by atoms with Crippen molar-refractivity contribution >= 4 is 110 Å². The van der Waals surface area contributed by atoms with E-state index in [4.69, 9.17) is 15.0 Å². The van der Waals surface area contributed by atoms with Crippen molar-refractivity contribution in [3.63, 3.8) is 0 Å². The van der Waals surface area contributed by atoms with Gasteiger partial charge in [0.25, 0.3) is 0 Å². The molecule has 11 heteroatoms. The second-order valence-electron chi connectivity index (χ2n) is 34.9. The van der Waals surface area contributed by atoms with Crippen molar-refractivity contribution in [2.24, 2.45) is 0 Å². The Labute approximate surface area is 723 Å². The zero-order valence-corrected chi connectivity index (χ0v) is 69.9. The van der Waals surface area contributed by atoms with Crippen LogP contribution in [-0.2, 0) is 16.2 Å². The molecule has 11 nitrogen and oxygen atoms in total. The first kappa shape index (κ1) is 73.1. The van der Waals surface area contributed by atoms with Crippen LogP contribution in [0.25, 0.3) is 172 Å². The van der Waals surface area contributed by atoms with Crippen LogP contribution >= 0.6 is 0 Å². The van der Waals surface area contributed by atoms with Gasteiger partial charge in [0.2, 0.25) is 5.78 Å². The van der Waals surface area contributed by atoms with Gasteiger partial charge in [0, 0.05) is 126 Å². The topological polar surface area (TPSA) is 91.8 Å². The first-order chi connectivity index (χ1) is 61.3. The fourth-order valence-corrected chi connectivity index (χ4v) is 20.8. The molecule has 0 bridgehead atoms. The van der Waals surface area contributed by atoms with Gasteiger partial charge in [0.15, 0.2) is 0 Å². The van der Waals surface area contributed by atoms with Crippen molar-refractivity contribution in [2.45, 2.75) is 57.8 Å². The highest BCUT2D eigenvalue weighted by Gasteiger charge is 2.40. The molecule has 0 saturated heterocycles. The quantitative estimate of drug-likeness (QED) is 0.143. The van der Waals surface area contributed by atoms with Crippen molar-refractivity contribution in [2.75, 3.05) is 4.90 Å². The molecule has 0 spiro atoms. The number of aromatic nitrogens is 10. The second kappa shape index (κ2) is 28.1. The molecule has 0 amide bonds. The van der Waals surface area contributed by atoms with Gasteiger partial charge in [-0.2, -0.15) is 0 Å². The van der Waals surface area contributed by atoms with E-state index in [0.717, 1.165) is 78.5 Å². The van der Waals surface area contributed by atoms with E-state index in [9.17, 15) is 0 Å². The number of pyridine rings is 3. The summed E-state index contributed by atoms with van der Waals surface area (Å²) in [7, 11) is 0. The van der Waals surface area contributed by atoms with E-state index in [2.05, 4.69) is 414 Å². The van der Waals surface area contributed by atoms with Crippen LogP contribution in [-0.4, -0.2) is 47.6 Å². The maximum absolute atomic E-state index is 4.96. The summed E-state index contributed by atoms with van der Waals surface area (Å²) in [5.41, 5.74) is 40.7. The summed E-state index contributed by atoms with van der Waals surface area (Å²) < 4.78 is 11.4. The minimum absolute atomic E-state index is 0.0477. The van der Waals surface area contributed by atoms with Gasteiger partial charge in [-0.15, -0.1) is 0 Å². The molecule has 0 fully saturated rings. The second-order valence-corrected chi connectivity index (χ2v) is 34.9. The number of fused-ring (bicyclic) bond motifs is 22. The highest BCUT2D eigenvalue weighted by Crippen LogP contribution is 2.56. The van der Waals surface area contributed by atoms with Gasteiger partial charge in [-0.1, -0.05) is 217 Å². The van der Waals surface area contributed by atoms with Crippen LogP contribution in [0.15, 0.2) is 395 Å². The maximum atomic E-state index is 4.96. The van der Waals surface area contributed by atoms with Crippen LogP contribution in [0.2, 0.25) is 0 Å². The van der Waals surface area contributed by atoms with Crippen LogP contribution in [0, 0.1) is 0 Å². The molecule has 14 aromatic carbocycles. The molecule has 0 saturated carbocycles. The molecule has 0 N–H and O–H groups in total. The van der Waals surface area contributed by atoms with Crippen molar-refractivity contribution < 1.29 is 0 Å². The lowest BCUT2D eigenvalue weighted by molar-refractivity contribution is 0.661. The monoisotopic (exact) mass is 1610 g/mol. The van der Waals surface area contributed by atoms with Crippen molar-refractivity contribution in [3.8, 4) is 78.5 Å². The summed E-state index contributed by atoms with van der Waals surface area (Å²) in [6.45, 7) is 14.0. The van der Waals surface area contributed by atoms with Crippen LogP contribution in [0.4, 0.5) is 17.1 Å². The number of imidazole rings is 1. The highest BCUT2D eigenvalue weighted by molar-refractivity contribution is 6.14. The molecule has 125 heavy (non-hydrogen) atoms. The predicted octanol–water partition coefficient (Wildman–Crippen LogP) is 28.4. The van der Waals surface area contributed by atoms with E-state index in [-0.39, 0.29) is 16.2 Å². The molecule has 0 atom stereocenters. The zero-order chi connectivity index (χ0) is 83.6. The standard InChI is InChI=1S/C44H31N3.C38H29N3.C32H23N5/c1-44(2)37-24-29(28-12-5-3-6-13-28)19-21-32(37)34-27-42-36(26-38(34)44)43-41(18-11-23-45-43)47(42)31-20-22-40-35(25-31)33-16-9-10-17-39(33)46(40)30-14-7-4-8-15-30;1-38(2)33-17-10-9-16-30(33)31-25-36-32(24-34(31)38)37-35(18-11-23-39-37)41(36)29-21-19-28(20-22-29)40(26-12-5-3-6-13-26)27-14-7-4-8-15-27;1-32(2)25-8-4-3-7-22(25)23-18-29-24(17-26(23)32)30-28(9-5-14-33-30)37(29)21-12-10-20(11-13-21)27-19-36-16-6-15-34-31(36)35-27/h3-27H,1-2H3;3-25H,1-2H3;3-19H,1-2H3. The molecule has 0 unspecified atom stereocenters. The molecule has 9 heterocycles. The average molecular weight is 1610 g/mol. The van der Waals surface area contributed by atoms with Crippen molar-refractivity contribution in [3.05, 3.63) is 428 Å². The van der Waals surface area contributed by atoms with E-state index in [1.165, 1.54) is 138 Å². The summed E-state index contributed by atoms with van der Waals surface area (Å²) in [5.74, 6) is 0.701. The Bertz CT molecular complexity index is 8220. The smallest absolute Gasteiger partial charge is 0.234 e. The Kier molecular flexibility index (Phi) is 16.4. The predicted molar refractivity (Wildman–Crippen MR) is 515 cm³/mol. The summed E-state index contributed by atoms with van der Waals surface area (Å²) in [4.78, 5) is 26.0. The van der Waals surface area contributed by atoms with Gasteiger partial charge in [0.1, 0.15) is 0 Å². The first-order valence-corrected chi connectivity index (χ1v) is 43.0. The molecule has 3 aliphatic carbocycles. The van der Waals surface area contributed by atoms with E-state index in [1.54, 1.807) is 6.20 Å². The molecular formula is C114H83N11. The Morgan fingerprint density at radius 3 is 1.17 bits per heavy atom. The molecule has 0 radical (unpaired) electrons. The minimum Gasteiger partial charge on any atom is -0.311 e. The number of hydrogen-bond donors (Lipinski definition) is 0. The van der Waals surface area contributed by atoms with Crippen LogP contribution in [0.1, 0.15) is 74.9 Å². The number of benzene rings is 14. The third kappa shape index (κ3) is 11.4. The van der Waals surface area contributed by atoms with Crippen molar-refractivity contribution in [1.29, 1.82) is 0 Å². The average Bonchev–Trinajstić information content (AvgIpc) is 1.56. The van der Waals surface area contributed by atoms with E-state index >= 15 is 0 Å². The summed E-state index contributed by atoms with van der Waals surface area (Å²) in [6, 6.07) is 129. The Morgan fingerprint density at radius 2 is 0.632 bits per heavy atom. The lowest BCUT2D eigenvalue weighted by Gasteiger charge is -2.25. The fourth-order valence-electron chi connectivity index (χ4n) is 20.8. The fraction of sp³-hybridized carbons (Fsp3) is 0.0789. The largest absolute Gasteiger partial charge is 0.311 e. The Balaban J connectivity index is 0.000000106. The van der Waals surface area contributed by atoms with Gasteiger partial charge in [-0.05, 0) is 260 Å². The summed E-state index contributed by atoms with van der Waals surface area (Å²) >= 11 is 0. The van der Waals surface area contributed by atoms with Crippen LogP contribution in [0.5, 0.6) is 0 Å². The maximum Gasteiger partial charge on any atom is 0.234 e. The van der Waals surface area contributed by atoms with Crippen LogP contribution in [0.3, 0.4) is 0 Å². The third-order valence-electron chi connectivity index (χ3n) is 26.8. The van der Waals surface area contributed by atoms with Crippen molar-refractivity contribution in [1.82, 2.24) is 47.6 Å². The number of para-hydroxylation sites is 4.